The second kappa shape index (κ2) is 51.9. The van der Waals surface area contributed by atoms with E-state index in [0.717, 1.165) is 109 Å². The first-order chi connectivity index (χ1) is 37.6. The zero-order valence-corrected chi connectivity index (χ0v) is 47.7. The molecule has 0 aromatic rings. The Kier molecular flexibility index (Phi) is 47.2. The lowest BCUT2D eigenvalue weighted by Crippen LogP contribution is -2.61. The maximum Gasteiger partial charge on any atom is 0.335 e. The van der Waals surface area contributed by atoms with E-state index in [1.165, 1.54) is 38.5 Å². The van der Waals surface area contributed by atoms with E-state index < -0.39 is 67.3 Å². The molecule has 3 N–H and O–H groups in total. The molecule has 12 nitrogen and oxygen atoms in total. The van der Waals surface area contributed by atoms with Gasteiger partial charge in [-0.05, 0) is 103 Å². The summed E-state index contributed by atoms with van der Waals surface area (Å²) in [4.78, 5) is 51.1. The van der Waals surface area contributed by atoms with Crippen molar-refractivity contribution in [1.82, 2.24) is 0 Å². The van der Waals surface area contributed by atoms with E-state index >= 15 is 0 Å². The quantitative estimate of drug-likeness (QED) is 0.0228. The third kappa shape index (κ3) is 41.8. The highest BCUT2D eigenvalue weighted by atomic mass is 16.7. The summed E-state index contributed by atoms with van der Waals surface area (Å²) in [6.45, 7) is 5.66. The zero-order valence-electron chi connectivity index (χ0n) is 47.7. The number of ether oxygens (including phenoxy) is 5. The van der Waals surface area contributed by atoms with Crippen molar-refractivity contribution in [1.29, 1.82) is 0 Å². The molecule has 6 atom stereocenters. The van der Waals surface area contributed by atoms with E-state index in [1.807, 2.05) is 12.2 Å². The fourth-order valence-electron chi connectivity index (χ4n) is 8.08. The second-order valence-corrected chi connectivity index (χ2v) is 19.5. The van der Waals surface area contributed by atoms with Crippen molar-refractivity contribution in [2.75, 3.05) is 13.2 Å². The Labute approximate surface area is 465 Å². The van der Waals surface area contributed by atoms with Gasteiger partial charge in [-0.15, -0.1) is 0 Å². The highest BCUT2D eigenvalue weighted by Gasteiger charge is 2.50. The van der Waals surface area contributed by atoms with Gasteiger partial charge < -0.3 is 39.0 Å². The van der Waals surface area contributed by atoms with Crippen LogP contribution in [-0.2, 0) is 42.9 Å². The Morgan fingerprint density at radius 3 is 1.29 bits per heavy atom. The van der Waals surface area contributed by atoms with Gasteiger partial charge in [-0.3, -0.25) is 14.4 Å². The average molecular weight is 1080 g/mol. The molecule has 0 bridgehead atoms. The Morgan fingerprint density at radius 1 is 0.442 bits per heavy atom. The summed E-state index contributed by atoms with van der Waals surface area (Å²) < 4.78 is 28.3. The van der Waals surface area contributed by atoms with Crippen molar-refractivity contribution in [2.24, 2.45) is 0 Å². The molecule has 1 aliphatic rings. The van der Waals surface area contributed by atoms with Gasteiger partial charge in [0.15, 0.2) is 24.6 Å². The molecule has 0 saturated carbocycles. The first-order valence-electron chi connectivity index (χ1n) is 29.5. The number of allylic oxidation sites excluding steroid dienone is 20. The molecule has 6 unspecified atom stereocenters. The van der Waals surface area contributed by atoms with Crippen molar-refractivity contribution in [3.05, 3.63) is 122 Å². The lowest BCUT2D eigenvalue weighted by Gasteiger charge is -2.40. The van der Waals surface area contributed by atoms with Crippen LogP contribution < -0.4 is 0 Å². The number of aliphatic hydroxyl groups excluding tert-OH is 2. The van der Waals surface area contributed by atoms with E-state index in [9.17, 15) is 34.5 Å². The van der Waals surface area contributed by atoms with Gasteiger partial charge in [0.2, 0.25) is 0 Å². The smallest absolute Gasteiger partial charge is 0.335 e. The van der Waals surface area contributed by atoms with Crippen LogP contribution >= 0.6 is 0 Å². The predicted octanol–water partition coefficient (Wildman–Crippen LogP) is 15.2. The summed E-state index contributed by atoms with van der Waals surface area (Å²) in [6.07, 6.45) is 58.9. The minimum absolute atomic E-state index is 0.0462. The van der Waals surface area contributed by atoms with Crippen LogP contribution in [0.2, 0.25) is 0 Å². The molecule has 0 aromatic carbocycles. The minimum atomic E-state index is -1.92. The van der Waals surface area contributed by atoms with E-state index in [-0.39, 0.29) is 25.9 Å². The molecule has 1 heterocycles. The second-order valence-electron chi connectivity index (χ2n) is 19.5. The lowest BCUT2D eigenvalue weighted by atomic mass is 9.98. The minimum Gasteiger partial charge on any atom is -0.479 e. The molecule has 1 aliphatic heterocycles. The molecule has 1 fully saturated rings. The number of esters is 3. The molecule has 0 aliphatic carbocycles. The van der Waals surface area contributed by atoms with Crippen LogP contribution in [0.1, 0.15) is 213 Å². The Morgan fingerprint density at radius 2 is 0.831 bits per heavy atom. The molecule has 0 spiro atoms. The lowest BCUT2D eigenvalue weighted by molar-refractivity contribution is -0.301. The van der Waals surface area contributed by atoms with Crippen LogP contribution in [-0.4, -0.2) is 89.2 Å². The highest BCUT2D eigenvalue weighted by molar-refractivity contribution is 5.74. The molecular formula is C65H102O12. The summed E-state index contributed by atoms with van der Waals surface area (Å²) in [5, 5.41) is 31.4. The maximum absolute atomic E-state index is 13.1. The number of hydrogen-bond donors (Lipinski definition) is 3. The largest absolute Gasteiger partial charge is 0.479 e. The van der Waals surface area contributed by atoms with Gasteiger partial charge in [-0.1, -0.05) is 213 Å². The van der Waals surface area contributed by atoms with Gasteiger partial charge in [0.25, 0.3) is 0 Å². The van der Waals surface area contributed by atoms with E-state index in [0.29, 0.717) is 25.7 Å². The normalized spacial score (nSPS) is 18.9. The molecule has 0 aromatic heterocycles. The summed E-state index contributed by atoms with van der Waals surface area (Å²) in [7, 11) is 0. The van der Waals surface area contributed by atoms with Gasteiger partial charge in [0, 0.05) is 19.3 Å². The first kappa shape index (κ1) is 70.1. The van der Waals surface area contributed by atoms with Gasteiger partial charge in [0.1, 0.15) is 18.8 Å². The highest BCUT2D eigenvalue weighted by Crippen LogP contribution is 2.26. The Bertz CT molecular complexity index is 1800. The monoisotopic (exact) mass is 1070 g/mol. The standard InChI is InChI=1S/C65H102O12/c1-4-7-10-13-16-19-22-24-26-28-29-31-32-34-37-39-42-45-48-51-57(66)73-54-56(75-58(67)52-49-46-43-41-38-35-33-30-27-25-23-20-17-14-11-8-5-2)55-74-65-63(61(70)60(69)62(77-65)64(71)72)76-59(68)53-50-47-44-40-36-21-18-15-12-9-6-3/h7-8,10-11,16-17,19-20,24-27,29,31,33-35,37,41,43,56,60-63,65,69-70H,4-6,9,12-15,18,21-23,28,30,32,36,38-40,42,44-55H2,1-3H3,(H,71,72)/b10-7-,11-8-,19-16-,20-17-,26-24-,27-25-,31-29-,35-33-,37-34-,43-41-. The number of rotatable bonds is 48. The summed E-state index contributed by atoms with van der Waals surface area (Å²) in [5.74, 6) is -3.26. The molecule has 1 saturated heterocycles. The Hall–Kier alpha value is -4.88. The molecule has 0 amide bonds. The van der Waals surface area contributed by atoms with Crippen molar-refractivity contribution in [3.8, 4) is 0 Å². The van der Waals surface area contributed by atoms with Crippen LogP contribution in [0, 0.1) is 0 Å². The van der Waals surface area contributed by atoms with Crippen molar-refractivity contribution < 1.29 is 58.2 Å². The SMILES string of the molecule is CC/C=C\C/C=C\C/C=C\C/C=C\C/C=C\CCCCCC(=O)OCC(COC1OC(C(=O)O)C(O)C(O)C1OC(=O)CCCCCCCCCCCCC)OC(=O)CCC/C=C\C/C=C\C/C=C\C/C=C\C/C=C\CC. The van der Waals surface area contributed by atoms with E-state index in [1.54, 1.807) is 0 Å². The molecular weight excluding hydrogens is 973 g/mol. The summed E-state index contributed by atoms with van der Waals surface area (Å²) in [6, 6.07) is 0. The third-order valence-corrected chi connectivity index (χ3v) is 12.5. The van der Waals surface area contributed by atoms with Crippen LogP contribution in [0.4, 0.5) is 0 Å². The number of carbonyl (C=O) groups excluding carboxylic acids is 3. The predicted molar refractivity (Wildman–Crippen MR) is 312 cm³/mol. The average Bonchev–Trinajstić information content (AvgIpc) is 3.42. The third-order valence-electron chi connectivity index (χ3n) is 12.5. The fourth-order valence-corrected chi connectivity index (χ4v) is 8.08. The van der Waals surface area contributed by atoms with E-state index in [4.69, 9.17) is 23.7 Å². The number of hydrogen-bond acceptors (Lipinski definition) is 11. The Balaban J connectivity index is 2.76. The van der Waals surface area contributed by atoms with Gasteiger partial charge in [-0.2, -0.15) is 0 Å². The number of aliphatic hydroxyl groups is 2. The topological polar surface area (TPSA) is 175 Å². The first-order valence-corrected chi connectivity index (χ1v) is 29.5. The summed E-state index contributed by atoms with van der Waals surface area (Å²) in [5.41, 5.74) is 0. The van der Waals surface area contributed by atoms with Crippen molar-refractivity contribution >= 4 is 23.9 Å². The van der Waals surface area contributed by atoms with Crippen LogP contribution in [0.5, 0.6) is 0 Å². The molecule has 12 heteroatoms. The van der Waals surface area contributed by atoms with Crippen LogP contribution in [0.15, 0.2) is 122 Å². The molecule has 77 heavy (non-hydrogen) atoms. The van der Waals surface area contributed by atoms with Gasteiger partial charge >= 0.3 is 23.9 Å². The molecule has 0 radical (unpaired) electrons. The molecule has 434 valence electrons. The molecule has 1 rings (SSSR count). The number of carboxylic acids is 1. The van der Waals surface area contributed by atoms with Crippen molar-refractivity contribution in [2.45, 2.75) is 250 Å². The number of unbranched alkanes of at least 4 members (excludes halogenated alkanes) is 14. The number of carbonyl (C=O) groups is 4. The van der Waals surface area contributed by atoms with E-state index in [2.05, 4.69) is 130 Å². The van der Waals surface area contributed by atoms with Crippen LogP contribution in [0.25, 0.3) is 0 Å². The van der Waals surface area contributed by atoms with Gasteiger partial charge in [0.05, 0.1) is 6.61 Å². The number of aliphatic carboxylic acids is 1. The van der Waals surface area contributed by atoms with Crippen LogP contribution in [0.3, 0.4) is 0 Å². The van der Waals surface area contributed by atoms with Gasteiger partial charge in [-0.25, -0.2) is 4.79 Å². The summed E-state index contributed by atoms with van der Waals surface area (Å²) >= 11 is 0. The maximum atomic E-state index is 13.1. The van der Waals surface area contributed by atoms with Crippen molar-refractivity contribution in [3.63, 3.8) is 0 Å². The zero-order chi connectivity index (χ0) is 56.1. The fraction of sp³-hybridized carbons (Fsp3) is 0.631. The number of carboxylic acid groups (broad SMARTS) is 1.